The Bertz CT molecular complexity index is 537. The first-order chi connectivity index (χ1) is 8.61. The maximum Gasteiger partial charge on any atom is 0.126 e. The van der Waals surface area contributed by atoms with Crippen LogP contribution in [0.2, 0.25) is 5.02 Å². The van der Waals surface area contributed by atoms with Gasteiger partial charge in [-0.05, 0) is 48.9 Å². The van der Waals surface area contributed by atoms with Crippen molar-refractivity contribution in [2.24, 2.45) is 0 Å². The molecule has 18 heavy (non-hydrogen) atoms. The number of aryl methyl sites for hydroxylation is 1. The summed E-state index contributed by atoms with van der Waals surface area (Å²) in [5.74, 6) is -0.179. The summed E-state index contributed by atoms with van der Waals surface area (Å²) >= 11 is 5.87. The average molecular weight is 264 g/mol. The fourth-order valence-corrected chi connectivity index (χ4v) is 2.10. The normalized spacial score (nSPS) is 12.4. The van der Waals surface area contributed by atoms with Crippen LogP contribution in [0, 0.1) is 12.7 Å². The van der Waals surface area contributed by atoms with E-state index in [1.165, 1.54) is 0 Å². The molecule has 0 bridgehead atoms. The van der Waals surface area contributed by atoms with Crippen molar-refractivity contribution < 1.29 is 4.39 Å². The molecule has 0 spiro atoms. The van der Waals surface area contributed by atoms with Crippen molar-refractivity contribution in [3.63, 3.8) is 0 Å². The maximum atomic E-state index is 13.6. The smallest absolute Gasteiger partial charge is 0.126 e. The molecular weight excluding hydrogens is 249 g/mol. The highest BCUT2D eigenvalue weighted by atomic mass is 35.5. The van der Waals surface area contributed by atoms with Crippen LogP contribution in [0.15, 0.2) is 42.5 Å². The lowest BCUT2D eigenvalue weighted by Gasteiger charge is -2.17. The van der Waals surface area contributed by atoms with Crippen LogP contribution in [-0.4, -0.2) is 7.05 Å². The molecule has 1 atom stereocenters. The third-order valence-electron chi connectivity index (χ3n) is 3.02. The van der Waals surface area contributed by atoms with E-state index in [1.54, 1.807) is 19.1 Å². The van der Waals surface area contributed by atoms with Crippen molar-refractivity contribution in [3.8, 4) is 0 Å². The van der Waals surface area contributed by atoms with Crippen LogP contribution in [-0.2, 0) is 0 Å². The van der Waals surface area contributed by atoms with Crippen molar-refractivity contribution in [2.45, 2.75) is 13.0 Å². The lowest BCUT2D eigenvalue weighted by Crippen LogP contribution is -2.17. The van der Waals surface area contributed by atoms with Gasteiger partial charge in [-0.3, -0.25) is 0 Å². The van der Waals surface area contributed by atoms with Gasteiger partial charge in [-0.2, -0.15) is 0 Å². The van der Waals surface area contributed by atoms with E-state index in [0.717, 1.165) is 11.1 Å². The summed E-state index contributed by atoms with van der Waals surface area (Å²) < 4.78 is 13.6. The van der Waals surface area contributed by atoms with E-state index >= 15 is 0 Å². The van der Waals surface area contributed by atoms with Crippen LogP contribution in [0.1, 0.15) is 22.7 Å². The molecule has 1 N–H and O–H groups in total. The summed E-state index contributed by atoms with van der Waals surface area (Å²) in [6.45, 7) is 1.76. The van der Waals surface area contributed by atoms with Gasteiger partial charge in [0.2, 0.25) is 0 Å². The zero-order valence-corrected chi connectivity index (χ0v) is 11.1. The van der Waals surface area contributed by atoms with E-state index in [4.69, 9.17) is 11.6 Å². The molecule has 0 aliphatic heterocycles. The fourth-order valence-electron chi connectivity index (χ4n) is 1.97. The molecule has 0 aliphatic rings. The van der Waals surface area contributed by atoms with Crippen LogP contribution in [0.25, 0.3) is 0 Å². The molecule has 1 unspecified atom stereocenters. The maximum absolute atomic E-state index is 13.6. The van der Waals surface area contributed by atoms with Gasteiger partial charge in [0.25, 0.3) is 0 Å². The topological polar surface area (TPSA) is 12.0 Å². The van der Waals surface area contributed by atoms with Crippen molar-refractivity contribution in [1.82, 2.24) is 5.32 Å². The predicted octanol–water partition coefficient (Wildman–Crippen LogP) is 4.10. The summed E-state index contributed by atoms with van der Waals surface area (Å²) in [6, 6.07) is 12.8. The minimum absolute atomic E-state index is 0.0302. The Morgan fingerprint density at radius 3 is 2.22 bits per heavy atom. The van der Waals surface area contributed by atoms with Crippen LogP contribution >= 0.6 is 11.6 Å². The van der Waals surface area contributed by atoms with E-state index in [1.807, 2.05) is 37.4 Å². The lowest BCUT2D eigenvalue weighted by atomic mass is 9.98. The molecular formula is C15H15ClFN. The summed E-state index contributed by atoms with van der Waals surface area (Å²) in [5.41, 5.74) is 2.62. The van der Waals surface area contributed by atoms with Gasteiger partial charge in [0.1, 0.15) is 5.82 Å². The minimum Gasteiger partial charge on any atom is -0.309 e. The van der Waals surface area contributed by atoms with Crippen LogP contribution in [0.5, 0.6) is 0 Å². The minimum atomic E-state index is -0.179. The Kier molecular flexibility index (Phi) is 4.00. The summed E-state index contributed by atoms with van der Waals surface area (Å²) in [4.78, 5) is 0. The molecule has 1 nitrogen and oxygen atoms in total. The molecule has 0 aromatic heterocycles. The monoisotopic (exact) mass is 263 g/mol. The van der Waals surface area contributed by atoms with E-state index in [0.29, 0.717) is 10.6 Å². The SMILES string of the molecule is CNC(c1ccc(Cl)cc1)c1ccc(C)c(F)c1. The first-order valence-corrected chi connectivity index (χ1v) is 6.18. The second kappa shape index (κ2) is 5.51. The molecule has 94 valence electrons. The Morgan fingerprint density at radius 2 is 1.67 bits per heavy atom. The lowest BCUT2D eigenvalue weighted by molar-refractivity contribution is 0.608. The number of hydrogen-bond acceptors (Lipinski definition) is 1. The zero-order valence-electron chi connectivity index (χ0n) is 10.4. The highest BCUT2D eigenvalue weighted by molar-refractivity contribution is 6.30. The predicted molar refractivity (Wildman–Crippen MR) is 73.5 cm³/mol. The largest absolute Gasteiger partial charge is 0.309 e. The Morgan fingerprint density at radius 1 is 1.06 bits per heavy atom. The van der Waals surface area contributed by atoms with E-state index in [-0.39, 0.29) is 11.9 Å². The number of nitrogens with one attached hydrogen (secondary N) is 1. The number of rotatable bonds is 3. The molecule has 0 fully saturated rings. The van der Waals surface area contributed by atoms with Crippen LogP contribution in [0.4, 0.5) is 4.39 Å². The molecule has 0 amide bonds. The first-order valence-electron chi connectivity index (χ1n) is 5.80. The first kappa shape index (κ1) is 13.1. The highest BCUT2D eigenvalue weighted by Crippen LogP contribution is 2.24. The molecule has 0 saturated heterocycles. The summed E-state index contributed by atoms with van der Waals surface area (Å²) in [7, 11) is 1.86. The van der Waals surface area contributed by atoms with Gasteiger partial charge in [-0.1, -0.05) is 35.9 Å². The molecule has 0 heterocycles. The number of halogens is 2. The second-order valence-corrected chi connectivity index (χ2v) is 4.72. The molecule has 0 aliphatic carbocycles. The van der Waals surface area contributed by atoms with Crippen LogP contribution < -0.4 is 5.32 Å². The number of hydrogen-bond donors (Lipinski definition) is 1. The van der Waals surface area contributed by atoms with Crippen molar-refractivity contribution >= 4 is 11.6 Å². The third-order valence-corrected chi connectivity index (χ3v) is 3.27. The van der Waals surface area contributed by atoms with Gasteiger partial charge in [0.15, 0.2) is 0 Å². The number of benzene rings is 2. The molecule has 2 aromatic carbocycles. The van der Waals surface area contributed by atoms with Gasteiger partial charge in [-0.25, -0.2) is 4.39 Å². The molecule has 3 heteroatoms. The van der Waals surface area contributed by atoms with Crippen LogP contribution in [0.3, 0.4) is 0 Å². The second-order valence-electron chi connectivity index (χ2n) is 4.28. The highest BCUT2D eigenvalue weighted by Gasteiger charge is 2.13. The van der Waals surface area contributed by atoms with Gasteiger partial charge < -0.3 is 5.32 Å². The molecule has 0 radical (unpaired) electrons. The van der Waals surface area contributed by atoms with E-state index in [9.17, 15) is 4.39 Å². The molecule has 2 rings (SSSR count). The third kappa shape index (κ3) is 2.71. The fraction of sp³-hybridized carbons (Fsp3) is 0.200. The van der Waals surface area contributed by atoms with E-state index < -0.39 is 0 Å². The summed E-state index contributed by atoms with van der Waals surface area (Å²) in [6.07, 6.45) is 0. The van der Waals surface area contributed by atoms with Crippen molar-refractivity contribution in [3.05, 3.63) is 70.0 Å². The quantitative estimate of drug-likeness (QED) is 0.879. The molecule has 0 saturated carbocycles. The average Bonchev–Trinajstić information content (AvgIpc) is 2.37. The Hall–Kier alpha value is -1.38. The van der Waals surface area contributed by atoms with Gasteiger partial charge >= 0.3 is 0 Å². The summed E-state index contributed by atoms with van der Waals surface area (Å²) in [5, 5.41) is 3.89. The van der Waals surface area contributed by atoms with Gasteiger partial charge in [0.05, 0.1) is 6.04 Å². The Labute approximate surface area is 112 Å². The molecule has 2 aromatic rings. The van der Waals surface area contributed by atoms with Gasteiger partial charge in [0, 0.05) is 5.02 Å². The standard InChI is InChI=1S/C15H15ClFN/c1-10-3-4-12(9-14(10)17)15(18-2)11-5-7-13(16)8-6-11/h3-9,15,18H,1-2H3. The zero-order chi connectivity index (χ0) is 13.1. The van der Waals surface area contributed by atoms with Gasteiger partial charge in [-0.15, -0.1) is 0 Å². The van der Waals surface area contributed by atoms with Crippen molar-refractivity contribution in [1.29, 1.82) is 0 Å². The van der Waals surface area contributed by atoms with Crippen molar-refractivity contribution in [2.75, 3.05) is 7.05 Å². The Balaban J connectivity index is 2.38. The van der Waals surface area contributed by atoms with E-state index in [2.05, 4.69) is 5.32 Å².